The zero-order valence-electron chi connectivity index (χ0n) is 17.7. The number of fused-ring (bicyclic) bond motifs is 1. The van der Waals surface area contributed by atoms with Crippen molar-refractivity contribution in [2.75, 3.05) is 22.6 Å². The number of nitrogens with zero attached hydrogens (tertiary/aromatic N) is 4. The number of pyridine rings is 2. The van der Waals surface area contributed by atoms with Crippen molar-refractivity contribution < 1.29 is 36.3 Å². The number of hydrogen-bond donors (Lipinski definition) is 0. The lowest BCUT2D eigenvalue weighted by Crippen LogP contribution is -2.53. The first-order valence-electron chi connectivity index (χ1n) is 9.61. The number of cyclic esters (lactones) is 1. The number of ether oxygens (including phenoxy) is 1. The smallest absolute Gasteiger partial charge is 0.417 e. The molecule has 0 fully saturated rings. The van der Waals surface area contributed by atoms with Crippen molar-refractivity contribution in [3.05, 3.63) is 30.1 Å². The summed E-state index contributed by atoms with van der Waals surface area (Å²) in [6, 6.07) is 3.09. The second-order valence-electron chi connectivity index (χ2n) is 6.99. The average molecular weight is 490 g/mol. The fraction of sp³-hybridized carbons (Fsp3) is 0.400. The average Bonchev–Trinajstić information content (AvgIpc) is 2.77. The maximum atomic E-state index is 14.3. The van der Waals surface area contributed by atoms with Gasteiger partial charge < -0.3 is 9.64 Å². The predicted molar refractivity (Wildman–Crippen MR) is 111 cm³/mol. The lowest BCUT2D eigenvalue weighted by molar-refractivity contribution is -0.169. The van der Waals surface area contributed by atoms with Crippen LogP contribution in [0.1, 0.15) is 19.4 Å². The molecule has 33 heavy (non-hydrogen) atoms. The van der Waals surface area contributed by atoms with E-state index in [0.29, 0.717) is 22.0 Å². The standard InChI is InChI=1S/C20H19F5N4O3S/c1-4-33-15-6-12(28(3)10(2)30)7-27-16(15)13-5-11-9-32-19(31)29(14(11)8-26-13)18(23)20(24,25)17(21)22/h5-8,17-18H,4,9H2,1-3H3. The third-order valence-electron chi connectivity index (χ3n) is 4.85. The number of carbonyl (C=O) groups excluding carboxylic acids is 2. The van der Waals surface area contributed by atoms with Gasteiger partial charge in [0, 0.05) is 24.4 Å². The van der Waals surface area contributed by atoms with Gasteiger partial charge in [-0.15, -0.1) is 11.8 Å². The second-order valence-corrected chi connectivity index (χ2v) is 8.29. The van der Waals surface area contributed by atoms with Crippen LogP contribution < -0.4 is 9.80 Å². The molecule has 0 radical (unpaired) electrons. The van der Waals surface area contributed by atoms with Crippen LogP contribution in [0.2, 0.25) is 0 Å². The third-order valence-corrected chi connectivity index (χ3v) is 5.76. The number of hydrogen-bond acceptors (Lipinski definition) is 6. The number of thioether (sulfide) groups is 1. The summed E-state index contributed by atoms with van der Waals surface area (Å²) < 4.78 is 71.6. The molecule has 0 bridgehead atoms. The summed E-state index contributed by atoms with van der Waals surface area (Å²) in [5, 5.41) is 0. The first-order valence-corrected chi connectivity index (χ1v) is 10.6. The molecule has 7 nitrogen and oxygen atoms in total. The summed E-state index contributed by atoms with van der Waals surface area (Å²) in [7, 11) is 1.59. The zero-order chi connectivity index (χ0) is 24.5. The number of rotatable bonds is 7. The maximum Gasteiger partial charge on any atom is 0.417 e. The van der Waals surface area contributed by atoms with E-state index in [-0.39, 0.29) is 22.1 Å². The van der Waals surface area contributed by atoms with Gasteiger partial charge in [0.2, 0.25) is 5.91 Å². The van der Waals surface area contributed by atoms with Gasteiger partial charge in [-0.05, 0) is 17.9 Å². The van der Waals surface area contributed by atoms with E-state index in [0.717, 1.165) is 6.20 Å². The van der Waals surface area contributed by atoms with Crippen LogP contribution in [0.4, 0.5) is 38.1 Å². The Labute approximate surface area is 189 Å². The molecule has 3 rings (SSSR count). The van der Waals surface area contributed by atoms with E-state index in [1.807, 2.05) is 6.92 Å². The van der Waals surface area contributed by atoms with Crippen molar-refractivity contribution in [3.63, 3.8) is 0 Å². The minimum atomic E-state index is -5.11. The summed E-state index contributed by atoms with van der Waals surface area (Å²) in [6.45, 7) is 2.90. The lowest BCUT2D eigenvalue weighted by atomic mass is 10.1. The van der Waals surface area contributed by atoms with E-state index in [4.69, 9.17) is 4.74 Å². The van der Waals surface area contributed by atoms with Gasteiger partial charge in [0.1, 0.15) is 12.3 Å². The Morgan fingerprint density at radius 3 is 2.58 bits per heavy atom. The van der Waals surface area contributed by atoms with Crippen LogP contribution in [0.15, 0.2) is 29.4 Å². The van der Waals surface area contributed by atoms with Crippen molar-refractivity contribution in [2.45, 2.75) is 44.0 Å². The molecule has 2 aromatic rings. The van der Waals surface area contributed by atoms with Gasteiger partial charge in [0.05, 0.1) is 29.5 Å². The molecule has 13 heteroatoms. The molecule has 0 aliphatic carbocycles. The number of anilines is 2. The van der Waals surface area contributed by atoms with Gasteiger partial charge in [0.25, 0.3) is 6.30 Å². The van der Waals surface area contributed by atoms with Crippen LogP contribution in [0, 0.1) is 0 Å². The molecule has 0 aromatic carbocycles. The predicted octanol–water partition coefficient (Wildman–Crippen LogP) is 4.89. The Morgan fingerprint density at radius 1 is 1.27 bits per heavy atom. The molecule has 2 amide bonds. The van der Waals surface area contributed by atoms with Gasteiger partial charge in [-0.1, -0.05) is 6.92 Å². The van der Waals surface area contributed by atoms with E-state index < -0.39 is 37.0 Å². The van der Waals surface area contributed by atoms with Crippen LogP contribution in [0.3, 0.4) is 0 Å². The summed E-state index contributed by atoms with van der Waals surface area (Å²) in [6.07, 6.45) is -7.12. The number of halogens is 5. The van der Waals surface area contributed by atoms with Crippen LogP contribution in [-0.2, 0) is 16.1 Å². The normalized spacial score (nSPS) is 14.7. The van der Waals surface area contributed by atoms with Crippen LogP contribution in [0.5, 0.6) is 0 Å². The van der Waals surface area contributed by atoms with E-state index in [9.17, 15) is 31.5 Å². The lowest BCUT2D eigenvalue weighted by Gasteiger charge is -2.34. The van der Waals surface area contributed by atoms with E-state index in [2.05, 4.69) is 9.97 Å². The molecular formula is C20H19F5N4O3S. The quantitative estimate of drug-likeness (QED) is 0.313. The number of alkyl halides is 5. The summed E-state index contributed by atoms with van der Waals surface area (Å²) in [5.74, 6) is -4.66. The van der Waals surface area contributed by atoms with Gasteiger partial charge in [-0.25, -0.2) is 22.9 Å². The monoisotopic (exact) mass is 490 g/mol. The molecule has 1 aliphatic rings. The van der Waals surface area contributed by atoms with Crippen molar-refractivity contribution >= 4 is 35.1 Å². The van der Waals surface area contributed by atoms with Crippen LogP contribution in [0.25, 0.3) is 11.4 Å². The van der Waals surface area contributed by atoms with Crippen molar-refractivity contribution in [1.82, 2.24) is 9.97 Å². The Bertz CT molecular complexity index is 1070. The van der Waals surface area contributed by atoms with Crippen LogP contribution in [-0.4, -0.2) is 53.4 Å². The molecule has 178 valence electrons. The van der Waals surface area contributed by atoms with E-state index in [1.54, 1.807) is 13.1 Å². The Balaban J connectivity index is 2.04. The summed E-state index contributed by atoms with van der Waals surface area (Å²) >= 11 is 1.41. The maximum absolute atomic E-state index is 14.3. The zero-order valence-corrected chi connectivity index (χ0v) is 18.5. The highest BCUT2D eigenvalue weighted by Crippen LogP contribution is 2.39. The van der Waals surface area contributed by atoms with Crippen molar-refractivity contribution in [2.24, 2.45) is 0 Å². The largest absolute Gasteiger partial charge is 0.444 e. The SMILES string of the molecule is CCSc1cc(N(C)C(C)=O)cnc1-c1cc2c(cn1)N(C(F)C(F)(F)C(F)F)C(=O)OC2. The fourth-order valence-electron chi connectivity index (χ4n) is 3.01. The second kappa shape index (κ2) is 9.49. The molecule has 3 heterocycles. The summed E-state index contributed by atoms with van der Waals surface area (Å²) in [5.41, 5.74) is 0.876. The van der Waals surface area contributed by atoms with Crippen molar-refractivity contribution in [1.29, 1.82) is 0 Å². The summed E-state index contributed by atoms with van der Waals surface area (Å²) in [4.78, 5) is 33.9. The van der Waals surface area contributed by atoms with Gasteiger partial charge in [-0.3, -0.25) is 14.8 Å². The minimum Gasteiger partial charge on any atom is -0.444 e. The van der Waals surface area contributed by atoms with Crippen LogP contribution >= 0.6 is 11.8 Å². The molecule has 1 unspecified atom stereocenters. The fourth-order valence-corrected chi connectivity index (χ4v) is 3.82. The van der Waals surface area contributed by atoms with Gasteiger partial charge in [0.15, 0.2) is 0 Å². The molecular weight excluding hydrogens is 471 g/mol. The van der Waals surface area contributed by atoms with E-state index in [1.165, 1.54) is 35.8 Å². The Hall–Kier alpha value is -2.96. The molecule has 0 spiro atoms. The Morgan fingerprint density at radius 2 is 1.97 bits per heavy atom. The molecule has 0 saturated carbocycles. The topological polar surface area (TPSA) is 75.6 Å². The first-order chi connectivity index (χ1) is 15.5. The van der Waals surface area contributed by atoms with Crippen molar-refractivity contribution in [3.8, 4) is 11.4 Å². The minimum absolute atomic E-state index is 0.0893. The molecule has 0 N–H and O–H groups in total. The number of carbonyl (C=O) groups is 2. The molecule has 0 saturated heterocycles. The molecule has 1 aliphatic heterocycles. The highest BCUT2D eigenvalue weighted by Gasteiger charge is 2.55. The van der Waals surface area contributed by atoms with E-state index >= 15 is 0 Å². The van der Waals surface area contributed by atoms with Gasteiger partial charge >= 0.3 is 18.4 Å². The third kappa shape index (κ3) is 4.72. The first kappa shape index (κ1) is 24.7. The number of aromatic nitrogens is 2. The highest BCUT2D eigenvalue weighted by molar-refractivity contribution is 7.99. The number of amides is 2. The highest BCUT2D eigenvalue weighted by atomic mass is 32.2. The molecule has 1 atom stereocenters. The molecule has 2 aromatic heterocycles. The van der Waals surface area contributed by atoms with Gasteiger partial charge in [-0.2, -0.15) is 8.78 Å². The Kier molecular flexibility index (Phi) is 7.10.